The fourth-order valence-electron chi connectivity index (χ4n) is 1.86. The number of halogens is 2. The summed E-state index contributed by atoms with van der Waals surface area (Å²) in [5, 5.41) is 6.37. The Labute approximate surface area is 112 Å². The number of benzene rings is 1. The molecule has 0 amide bonds. The molecule has 1 aromatic rings. The maximum Gasteiger partial charge on any atom is 0.190 e. The molecule has 0 saturated heterocycles. The van der Waals surface area contributed by atoms with Crippen LogP contribution in [-0.2, 0) is 6.42 Å². The van der Waals surface area contributed by atoms with Gasteiger partial charge in [0.05, 0.1) is 0 Å². The van der Waals surface area contributed by atoms with Crippen LogP contribution in [0, 0.1) is 17.6 Å². The van der Waals surface area contributed by atoms with Crippen molar-refractivity contribution < 1.29 is 8.78 Å². The van der Waals surface area contributed by atoms with E-state index in [2.05, 4.69) is 15.6 Å². The van der Waals surface area contributed by atoms with Crippen LogP contribution in [-0.4, -0.2) is 26.1 Å². The number of rotatable bonds is 5. The Balaban J connectivity index is 1.74. The zero-order valence-electron chi connectivity index (χ0n) is 11.0. The molecule has 19 heavy (non-hydrogen) atoms. The second-order valence-electron chi connectivity index (χ2n) is 4.85. The molecule has 1 aromatic carbocycles. The van der Waals surface area contributed by atoms with E-state index in [0.717, 1.165) is 24.5 Å². The number of nitrogens with one attached hydrogen (secondary N) is 2. The third kappa shape index (κ3) is 4.85. The van der Waals surface area contributed by atoms with Gasteiger partial charge in [-0.2, -0.15) is 0 Å². The maximum atomic E-state index is 13.0. The first-order valence-corrected chi connectivity index (χ1v) is 6.57. The molecule has 5 heteroatoms. The number of guanidine groups is 1. The van der Waals surface area contributed by atoms with Gasteiger partial charge in [0.2, 0.25) is 0 Å². The van der Waals surface area contributed by atoms with Gasteiger partial charge < -0.3 is 10.6 Å². The molecule has 0 heterocycles. The molecule has 0 spiro atoms. The molecule has 1 aliphatic rings. The number of nitrogens with zero attached hydrogens (tertiary/aromatic N) is 1. The van der Waals surface area contributed by atoms with E-state index >= 15 is 0 Å². The van der Waals surface area contributed by atoms with Gasteiger partial charge in [-0.05, 0) is 42.9 Å². The molecule has 2 N–H and O–H groups in total. The lowest BCUT2D eigenvalue weighted by molar-refractivity contribution is 0.579. The Kier molecular flexibility index (Phi) is 4.71. The average Bonchev–Trinajstić information content (AvgIpc) is 3.16. The summed E-state index contributed by atoms with van der Waals surface area (Å²) in [6, 6.07) is 3.59. The molecular weight excluding hydrogens is 248 g/mol. The summed E-state index contributed by atoms with van der Waals surface area (Å²) in [5.74, 6) is 0.442. The quantitative estimate of drug-likeness (QED) is 0.633. The highest BCUT2D eigenvalue weighted by molar-refractivity contribution is 5.79. The van der Waals surface area contributed by atoms with Gasteiger partial charge in [0, 0.05) is 26.2 Å². The first-order valence-electron chi connectivity index (χ1n) is 6.57. The molecular formula is C14H19F2N3. The first-order chi connectivity index (χ1) is 9.17. The van der Waals surface area contributed by atoms with E-state index in [1.807, 2.05) is 0 Å². The highest BCUT2D eigenvalue weighted by atomic mass is 19.1. The van der Waals surface area contributed by atoms with Crippen LogP contribution in [0.15, 0.2) is 23.2 Å². The first kappa shape index (κ1) is 13.8. The Morgan fingerprint density at radius 2 is 1.89 bits per heavy atom. The van der Waals surface area contributed by atoms with Crippen LogP contribution in [0.3, 0.4) is 0 Å². The lowest BCUT2D eigenvalue weighted by atomic mass is 10.1. The Morgan fingerprint density at radius 1 is 1.21 bits per heavy atom. The molecule has 0 bridgehead atoms. The highest BCUT2D eigenvalue weighted by Crippen LogP contribution is 2.27. The Bertz CT molecular complexity index is 436. The van der Waals surface area contributed by atoms with Gasteiger partial charge in [0.25, 0.3) is 0 Å². The minimum absolute atomic E-state index is 0.536. The van der Waals surface area contributed by atoms with E-state index in [9.17, 15) is 8.78 Å². The molecule has 3 nitrogen and oxygen atoms in total. The summed E-state index contributed by atoms with van der Waals surface area (Å²) >= 11 is 0. The van der Waals surface area contributed by atoms with E-state index < -0.39 is 11.6 Å². The molecule has 0 aliphatic heterocycles. The second kappa shape index (κ2) is 6.50. The van der Waals surface area contributed by atoms with Gasteiger partial charge in [-0.3, -0.25) is 4.99 Å². The van der Waals surface area contributed by atoms with Crippen molar-refractivity contribution in [3.8, 4) is 0 Å². The van der Waals surface area contributed by atoms with Gasteiger partial charge in [0.15, 0.2) is 5.96 Å². The predicted octanol–water partition coefficient (Wildman–Crippen LogP) is 2.08. The smallest absolute Gasteiger partial charge is 0.190 e. The Hall–Kier alpha value is -1.65. The van der Waals surface area contributed by atoms with Crippen molar-refractivity contribution in [2.75, 3.05) is 20.1 Å². The van der Waals surface area contributed by atoms with Crippen molar-refractivity contribution >= 4 is 5.96 Å². The van der Waals surface area contributed by atoms with Crippen molar-refractivity contribution in [2.24, 2.45) is 10.9 Å². The van der Waals surface area contributed by atoms with Crippen molar-refractivity contribution in [3.05, 3.63) is 35.4 Å². The summed E-state index contributed by atoms with van der Waals surface area (Å²) in [4.78, 5) is 4.10. The van der Waals surface area contributed by atoms with Crippen molar-refractivity contribution in [2.45, 2.75) is 19.3 Å². The summed E-state index contributed by atoms with van der Waals surface area (Å²) in [6.45, 7) is 1.53. The normalized spacial score (nSPS) is 15.4. The number of hydrogen-bond acceptors (Lipinski definition) is 1. The van der Waals surface area contributed by atoms with Crippen molar-refractivity contribution in [1.29, 1.82) is 0 Å². The zero-order valence-corrected chi connectivity index (χ0v) is 11.0. The van der Waals surface area contributed by atoms with E-state index in [4.69, 9.17) is 0 Å². The van der Waals surface area contributed by atoms with Crippen molar-refractivity contribution in [3.63, 3.8) is 0 Å². The van der Waals surface area contributed by atoms with E-state index in [-0.39, 0.29) is 0 Å². The zero-order chi connectivity index (χ0) is 13.7. The summed E-state index contributed by atoms with van der Waals surface area (Å²) in [6.07, 6.45) is 3.12. The molecule has 1 aliphatic carbocycles. The third-order valence-corrected chi connectivity index (χ3v) is 3.11. The predicted molar refractivity (Wildman–Crippen MR) is 72.2 cm³/mol. The van der Waals surface area contributed by atoms with Crippen molar-refractivity contribution in [1.82, 2.24) is 10.6 Å². The van der Waals surface area contributed by atoms with Crippen LogP contribution in [0.4, 0.5) is 8.78 Å². The van der Waals surface area contributed by atoms with E-state index in [1.54, 1.807) is 7.05 Å². The summed E-state index contributed by atoms with van der Waals surface area (Å²) < 4.78 is 26.0. The van der Waals surface area contributed by atoms with E-state index in [0.29, 0.717) is 18.5 Å². The van der Waals surface area contributed by atoms with Crippen LogP contribution in [0.5, 0.6) is 0 Å². The van der Waals surface area contributed by atoms with Gasteiger partial charge in [0.1, 0.15) is 11.6 Å². The molecule has 0 aromatic heterocycles. The SMILES string of the molecule is CN=C(NCCc1cc(F)cc(F)c1)NCC1CC1. The summed E-state index contributed by atoms with van der Waals surface area (Å²) in [7, 11) is 1.71. The van der Waals surface area contributed by atoms with Gasteiger partial charge in [-0.15, -0.1) is 0 Å². The fourth-order valence-corrected chi connectivity index (χ4v) is 1.86. The highest BCUT2D eigenvalue weighted by Gasteiger charge is 2.20. The van der Waals surface area contributed by atoms with Gasteiger partial charge in [-0.25, -0.2) is 8.78 Å². The molecule has 104 valence electrons. The van der Waals surface area contributed by atoms with Crippen LogP contribution >= 0.6 is 0 Å². The molecule has 0 radical (unpaired) electrons. The second-order valence-corrected chi connectivity index (χ2v) is 4.85. The monoisotopic (exact) mass is 267 g/mol. The van der Waals surface area contributed by atoms with Crippen LogP contribution in [0.2, 0.25) is 0 Å². The molecule has 1 fully saturated rings. The average molecular weight is 267 g/mol. The van der Waals surface area contributed by atoms with Gasteiger partial charge in [-0.1, -0.05) is 0 Å². The minimum atomic E-state index is -0.536. The van der Waals surface area contributed by atoms with Crippen LogP contribution < -0.4 is 10.6 Å². The largest absolute Gasteiger partial charge is 0.356 e. The minimum Gasteiger partial charge on any atom is -0.356 e. The lowest BCUT2D eigenvalue weighted by Crippen LogP contribution is -2.39. The molecule has 1 saturated carbocycles. The maximum absolute atomic E-state index is 13.0. The molecule has 2 rings (SSSR count). The summed E-state index contributed by atoms with van der Waals surface area (Å²) in [5.41, 5.74) is 0.641. The topological polar surface area (TPSA) is 36.4 Å². The van der Waals surface area contributed by atoms with Crippen LogP contribution in [0.25, 0.3) is 0 Å². The number of hydrogen-bond donors (Lipinski definition) is 2. The lowest BCUT2D eigenvalue weighted by Gasteiger charge is -2.11. The van der Waals surface area contributed by atoms with Crippen LogP contribution in [0.1, 0.15) is 18.4 Å². The standard InChI is InChI=1S/C14H19F2N3/c1-17-14(19-9-10-2-3-10)18-5-4-11-6-12(15)8-13(16)7-11/h6-8,10H,2-5,9H2,1H3,(H2,17,18,19). The van der Waals surface area contributed by atoms with E-state index in [1.165, 1.54) is 25.0 Å². The Morgan fingerprint density at radius 3 is 2.47 bits per heavy atom. The molecule has 0 atom stereocenters. The number of aliphatic imine (C=N–C) groups is 1. The third-order valence-electron chi connectivity index (χ3n) is 3.11. The fraction of sp³-hybridized carbons (Fsp3) is 0.500. The van der Waals surface area contributed by atoms with Gasteiger partial charge >= 0.3 is 0 Å². The molecule has 0 unspecified atom stereocenters.